The highest BCUT2D eigenvalue weighted by atomic mass is 79.9. The Morgan fingerprint density at radius 1 is 1.15 bits per heavy atom. The van der Waals surface area contributed by atoms with Gasteiger partial charge in [-0.05, 0) is 34.1 Å². The summed E-state index contributed by atoms with van der Waals surface area (Å²) in [6.45, 7) is 0.0191. The SMILES string of the molecule is O=C1c2ccccc2C(=O)N1Cc1cc(Br)c(F)cn1. The maximum Gasteiger partial charge on any atom is 0.261 e. The molecule has 100 valence electrons. The molecule has 0 saturated carbocycles. The summed E-state index contributed by atoms with van der Waals surface area (Å²) in [5, 5.41) is 0. The van der Waals surface area contributed by atoms with Gasteiger partial charge < -0.3 is 0 Å². The Bertz CT molecular complexity index is 698. The highest BCUT2D eigenvalue weighted by Crippen LogP contribution is 2.24. The molecule has 0 radical (unpaired) electrons. The fourth-order valence-electron chi connectivity index (χ4n) is 2.08. The van der Waals surface area contributed by atoms with Crippen LogP contribution in [0.3, 0.4) is 0 Å². The van der Waals surface area contributed by atoms with Crippen LogP contribution in [-0.4, -0.2) is 21.7 Å². The Balaban J connectivity index is 1.91. The lowest BCUT2D eigenvalue weighted by Crippen LogP contribution is -2.29. The molecule has 1 aromatic carbocycles. The number of nitrogens with zero attached hydrogens (tertiary/aromatic N) is 2. The average Bonchev–Trinajstić information content (AvgIpc) is 2.69. The number of hydrogen-bond donors (Lipinski definition) is 0. The van der Waals surface area contributed by atoms with Gasteiger partial charge in [0.25, 0.3) is 11.8 Å². The van der Waals surface area contributed by atoms with Crippen molar-refractivity contribution in [1.82, 2.24) is 9.88 Å². The molecule has 0 spiro atoms. The van der Waals surface area contributed by atoms with Crippen molar-refractivity contribution in [3.8, 4) is 0 Å². The Morgan fingerprint density at radius 2 is 1.75 bits per heavy atom. The van der Waals surface area contributed by atoms with E-state index in [0.29, 0.717) is 16.8 Å². The van der Waals surface area contributed by atoms with Crippen LogP contribution >= 0.6 is 15.9 Å². The van der Waals surface area contributed by atoms with Crippen molar-refractivity contribution in [2.75, 3.05) is 0 Å². The summed E-state index contributed by atoms with van der Waals surface area (Å²) < 4.78 is 13.4. The molecule has 0 saturated heterocycles. The molecule has 2 amide bonds. The molecule has 1 aromatic heterocycles. The lowest BCUT2D eigenvalue weighted by molar-refractivity contribution is 0.0640. The summed E-state index contributed by atoms with van der Waals surface area (Å²) in [5.74, 6) is -1.20. The van der Waals surface area contributed by atoms with Crippen molar-refractivity contribution in [2.45, 2.75) is 6.54 Å². The normalized spacial score (nSPS) is 13.8. The highest BCUT2D eigenvalue weighted by Gasteiger charge is 2.35. The summed E-state index contributed by atoms with van der Waals surface area (Å²) in [5.41, 5.74) is 1.21. The Hall–Kier alpha value is -2.08. The molecule has 6 heteroatoms. The van der Waals surface area contributed by atoms with E-state index in [1.54, 1.807) is 24.3 Å². The van der Waals surface area contributed by atoms with Crippen molar-refractivity contribution in [1.29, 1.82) is 0 Å². The van der Waals surface area contributed by atoms with Crippen molar-refractivity contribution in [3.05, 3.63) is 63.6 Å². The average molecular weight is 335 g/mol. The molecule has 0 bridgehead atoms. The topological polar surface area (TPSA) is 50.3 Å². The molecule has 2 aromatic rings. The quantitative estimate of drug-likeness (QED) is 0.793. The van der Waals surface area contributed by atoms with Gasteiger partial charge in [0.15, 0.2) is 5.82 Å². The van der Waals surface area contributed by atoms with E-state index in [4.69, 9.17) is 0 Å². The second-order valence-electron chi connectivity index (χ2n) is 4.33. The van der Waals surface area contributed by atoms with Crippen molar-refractivity contribution in [2.24, 2.45) is 0 Å². The minimum Gasteiger partial charge on any atom is -0.269 e. The molecule has 0 atom stereocenters. The number of aromatic nitrogens is 1. The first-order valence-corrected chi connectivity index (χ1v) is 6.62. The Labute approximate surface area is 122 Å². The fraction of sp³-hybridized carbons (Fsp3) is 0.0714. The van der Waals surface area contributed by atoms with E-state index in [1.165, 1.54) is 6.07 Å². The number of amides is 2. The zero-order valence-corrected chi connectivity index (χ0v) is 11.7. The number of hydrogen-bond acceptors (Lipinski definition) is 3. The van der Waals surface area contributed by atoms with Crippen LogP contribution in [0.25, 0.3) is 0 Å². The molecular formula is C14H8BrFN2O2. The zero-order valence-electron chi connectivity index (χ0n) is 10.1. The van der Waals surface area contributed by atoms with Crippen molar-refractivity contribution >= 4 is 27.7 Å². The number of imide groups is 1. The van der Waals surface area contributed by atoms with Crippen LogP contribution in [0.5, 0.6) is 0 Å². The van der Waals surface area contributed by atoms with E-state index in [9.17, 15) is 14.0 Å². The van der Waals surface area contributed by atoms with Gasteiger partial charge in [-0.1, -0.05) is 12.1 Å². The first-order valence-electron chi connectivity index (χ1n) is 5.83. The molecule has 4 nitrogen and oxygen atoms in total. The minimum atomic E-state index is -0.490. The maximum atomic E-state index is 13.1. The molecule has 1 aliphatic rings. The van der Waals surface area contributed by atoms with Crippen LogP contribution < -0.4 is 0 Å². The van der Waals surface area contributed by atoms with Gasteiger partial charge in [0, 0.05) is 0 Å². The van der Waals surface area contributed by atoms with E-state index < -0.39 is 5.82 Å². The number of fused-ring (bicyclic) bond motifs is 1. The number of carbonyl (C=O) groups is 2. The van der Waals surface area contributed by atoms with Crippen LogP contribution in [0.15, 0.2) is 41.0 Å². The van der Waals surface area contributed by atoms with Crippen LogP contribution in [0.4, 0.5) is 4.39 Å². The monoisotopic (exact) mass is 334 g/mol. The molecular weight excluding hydrogens is 327 g/mol. The summed E-state index contributed by atoms with van der Waals surface area (Å²) in [6.07, 6.45) is 1.05. The third-order valence-corrected chi connectivity index (χ3v) is 3.67. The third kappa shape index (κ3) is 2.02. The molecule has 0 fully saturated rings. The number of rotatable bonds is 2. The van der Waals surface area contributed by atoms with Gasteiger partial charge in [-0.15, -0.1) is 0 Å². The maximum absolute atomic E-state index is 13.1. The molecule has 3 rings (SSSR count). The van der Waals surface area contributed by atoms with E-state index in [-0.39, 0.29) is 22.8 Å². The van der Waals surface area contributed by atoms with E-state index >= 15 is 0 Å². The summed E-state index contributed by atoms with van der Waals surface area (Å²) in [7, 11) is 0. The lowest BCUT2D eigenvalue weighted by Gasteiger charge is -2.13. The van der Waals surface area contributed by atoms with E-state index in [0.717, 1.165) is 11.1 Å². The molecule has 0 N–H and O–H groups in total. The zero-order chi connectivity index (χ0) is 14.3. The fourth-order valence-corrected chi connectivity index (χ4v) is 2.45. The van der Waals surface area contributed by atoms with Crippen molar-refractivity contribution in [3.63, 3.8) is 0 Å². The predicted molar refractivity (Wildman–Crippen MR) is 72.5 cm³/mol. The van der Waals surface area contributed by atoms with Crippen LogP contribution in [0.2, 0.25) is 0 Å². The molecule has 0 unspecified atom stereocenters. The molecule has 2 heterocycles. The largest absolute Gasteiger partial charge is 0.269 e. The van der Waals surface area contributed by atoms with Gasteiger partial charge in [0.2, 0.25) is 0 Å². The smallest absolute Gasteiger partial charge is 0.261 e. The molecule has 0 aliphatic carbocycles. The van der Waals surface area contributed by atoms with Crippen molar-refractivity contribution < 1.29 is 14.0 Å². The van der Waals surface area contributed by atoms with Gasteiger partial charge in [0.1, 0.15) is 0 Å². The lowest BCUT2D eigenvalue weighted by atomic mass is 10.1. The van der Waals surface area contributed by atoms with Gasteiger partial charge in [-0.25, -0.2) is 4.39 Å². The van der Waals surface area contributed by atoms with Crippen LogP contribution in [-0.2, 0) is 6.54 Å². The number of halogens is 2. The Morgan fingerprint density at radius 3 is 2.30 bits per heavy atom. The van der Waals surface area contributed by atoms with Gasteiger partial charge in [-0.3, -0.25) is 19.5 Å². The van der Waals surface area contributed by atoms with Gasteiger partial charge in [-0.2, -0.15) is 0 Å². The molecule has 20 heavy (non-hydrogen) atoms. The predicted octanol–water partition coefficient (Wildman–Crippen LogP) is 2.78. The third-order valence-electron chi connectivity index (χ3n) is 3.06. The van der Waals surface area contributed by atoms with Crippen LogP contribution in [0, 0.1) is 5.82 Å². The van der Waals surface area contributed by atoms with Gasteiger partial charge >= 0.3 is 0 Å². The second-order valence-corrected chi connectivity index (χ2v) is 5.19. The van der Waals surface area contributed by atoms with E-state index in [1.807, 2.05) is 0 Å². The van der Waals surface area contributed by atoms with Gasteiger partial charge in [0.05, 0.1) is 34.0 Å². The first-order chi connectivity index (χ1) is 9.58. The number of pyridine rings is 1. The first kappa shape index (κ1) is 12.9. The minimum absolute atomic E-state index is 0.0191. The number of carbonyl (C=O) groups excluding carboxylic acids is 2. The summed E-state index contributed by atoms with van der Waals surface area (Å²) >= 11 is 3.05. The summed E-state index contributed by atoms with van der Waals surface area (Å²) in [6, 6.07) is 8.10. The molecule has 1 aliphatic heterocycles. The van der Waals surface area contributed by atoms with E-state index in [2.05, 4.69) is 20.9 Å². The standard InChI is InChI=1S/C14H8BrFN2O2/c15-11-5-8(17-6-12(11)16)7-18-13(19)9-3-1-2-4-10(9)14(18)20/h1-6H,7H2. The van der Waals surface area contributed by atoms with Crippen LogP contribution in [0.1, 0.15) is 26.4 Å². The summed E-state index contributed by atoms with van der Waals surface area (Å²) in [4.78, 5) is 29.3. The Kier molecular flexibility index (Phi) is 3.10. The second kappa shape index (κ2) is 4.79. The highest BCUT2D eigenvalue weighted by molar-refractivity contribution is 9.10. The number of benzene rings is 1.